The summed E-state index contributed by atoms with van der Waals surface area (Å²) in [6.45, 7) is 1.20. The van der Waals surface area contributed by atoms with Crippen LogP contribution in [0.15, 0.2) is 47.5 Å². The zero-order valence-corrected chi connectivity index (χ0v) is 18.8. The third-order valence-electron chi connectivity index (χ3n) is 5.34. The van der Waals surface area contributed by atoms with Crippen molar-refractivity contribution in [3.05, 3.63) is 58.9 Å². The van der Waals surface area contributed by atoms with E-state index in [0.29, 0.717) is 28.9 Å². The molecule has 160 valence electrons. The number of halogens is 1. The lowest BCUT2D eigenvalue weighted by atomic mass is 9.89. The van der Waals surface area contributed by atoms with Gasteiger partial charge in [0, 0.05) is 31.2 Å². The van der Waals surface area contributed by atoms with Crippen molar-refractivity contribution < 1.29 is 9.59 Å². The molecule has 1 aliphatic carbocycles. The van der Waals surface area contributed by atoms with Gasteiger partial charge in [0.05, 0.1) is 11.3 Å². The van der Waals surface area contributed by atoms with Gasteiger partial charge in [-0.1, -0.05) is 49.1 Å². The Hall–Kier alpha value is -2.05. The summed E-state index contributed by atoms with van der Waals surface area (Å²) in [5.74, 6) is 0.851. The number of nitrogens with one attached hydrogen (secondary N) is 1. The number of rotatable bonds is 8. The van der Waals surface area contributed by atoms with Gasteiger partial charge in [-0.2, -0.15) is 0 Å². The van der Waals surface area contributed by atoms with Crippen LogP contribution in [0.4, 0.5) is 0 Å². The van der Waals surface area contributed by atoms with E-state index >= 15 is 0 Å². The summed E-state index contributed by atoms with van der Waals surface area (Å²) in [6.07, 6.45) is 7.94. The molecule has 1 aromatic carbocycles. The Morgan fingerprint density at radius 1 is 1.17 bits per heavy atom. The minimum absolute atomic E-state index is 0.0217. The maximum Gasteiger partial charge on any atom is 0.255 e. The summed E-state index contributed by atoms with van der Waals surface area (Å²) in [7, 11) is 1.76. The summed E-state index contributed by atoms with van der Waals surface area (Å²) in [5.41, 5.74) is 1.51. The molecule has 0 atom stereocenters. The van der Waals surface area contributed by atoms with E-state index in [9.17, 15) is 9.59 Å². The van der Waals surface area contributed by atoms with E-state index < -0.39 is 0 Å². The zero-order valence-electron chi connectivity index (χ0n) is 17.3. The largest absolute Gasteiger partial charge is 0.355 e. The quantitative estimate of drug-likeness (QED) is 0.468. The van der Waals surface area contributed by atoms with Crippen LogP contribution in [0.25, 0.3) is 0 Å². The van der Waals surface area contributed by atoms with Crippen LogP contribution in [0.5, 0.6) is 0 Å². The van der Waals surface area contributed by atoms with E-state index in [4.69, 9.17) is 11.6 Å². The highest BCUT2D eigenvalue weighted by molar-refractivity contribution is 8.00. The van der Waals surface area contributed by atoms with Crippen LogP contribution in [0, 0.1) is 5.92 Å². The van der Waals surface area contributed by atoms with E-state index in [2.05, 4.69) is 10.3 Å². The standard InChI is InChI=1S/C23H28ClN3O2S/c1-27(15-18-11-12-21(24)25-14-18)23(29)19-9-5-6-10-20(19)30-16-22(28)26-13-17-7-3-2-4-8-17/h5-6,9-12,14,17H,2-4,7-8,13,15-16H2,1H3,(H,26,28). The number of hydrogen-bond donors (Lipinski definition) is 1. The Labute approximate surface area is 187 Å². The molecule has 1 fully saturated rings. The SMILES string of the molecule is CN(Cc1ccc(Cl)nc1)C(=O)c1ccccc1SCC(=O)NCC1CCCCC1. The summed E-state index contributed by atoms with van der Waals surface area (Å²) in [4.78, 5) is 31.8. The van der Waals surface area contributed by atoms with Gasteiger partial charge >= 0.3 is 0 Å². The predicted molar refractivity (Wildman–Crippen MR) is 122 cm³/mol. The molecule has 0 unspecified atom stereocenters. The van der Waals surface area contributed by atoms with Crippen molar-refractivity contribution in [3.63, 3.8) is 0 Å². The first-order valence-corrected chi connectivity index (χ1v) is 11.7. The average Bonchev–Trinajstić information content (AvgIpc) is 2.78. The fourth-order valence-electron chi connectivity index (χ4n) is 3.66. The van der Waals surface area contributed by atoms with Crippen LogP contribution in [-0.4, -0.2) is 41.0 Å². The average molecular weight is 446 g/mol. The summed E-state index contributed by atoms with van der Waals surface area (Å²) >= 11 is 7.23. The van der Waals surface area contributed by atoms with Gasteiger partial charge in [-0.25, -0.2) is 4.98 Å². The maximum absolute atomic E-state index is 13.0. The third-order valence-corrected chi connectivity index (χ3v) is 6.64. The van der Waals surface area contributed by atoms with Crippen LogP contribution < -0.4 is 5.32 Å². The van der Waals surface area contributed by atoms with Gasteiger partial charge < -0.3 is 10.2 Å². The molecule has 30 heavy (non-hydrogen) atoms. The number of thioether (sulfide) groups is 1. The molecule has 1 heterocycles. The van der Waals surface area contributed by atoms with E-state index in [1.165, 1.54) is 43.9 Å². The molecular weight excluding hydrogens is 418 g/mol. The van der Waals surface area contributed by atoms with Crippen molar-refractivity contribution in [1.29, 1.82) is 0 Å². The highest BCUT2D eigenvalue weighted by atomic mass is 35.5. The summed E-state index contributed by atoms with van der Waals surface area (Å²) in [5, 5.41) is 3.49. The van der Waals surface area contributed by atoms with Gasteiger partial charge in [0.25, 0.3) is 5.91 Å². The second-order valence-corrected chi connectivity index (χ2v) is 9.15. The van der Waals surface area contributed by atoms with E-state index in [1.54, 1.807) is 30.3 Å². The first kappa shape index (κ1) is 22.6. The van der Waals surface area contributed by atoms with Crippen molar-refractivity contribution in [3.8, 4) is 0 Å². The van der Waals surface area contributed by atoms with E-state index in [1.807, 2.05) is 24.3 Å². The molecule has 1 saturated carbocycles. The van der Waals surface area contributed by atoms with Gasteiger partial charge in [0.1, 0.15) is 5.15 Å². The van der Waals surface area contributed by atoms with Crippen molar-refractivity contribution >= 4 is 35.2 Å². The number of carbonyl (C=O) groups is 2. The maximum atomic E-state index is 13.0. The van der Waals surface area contributed by atoms with Crippen molar-refractivity contribution in [2.45, 2.75) is 43.5 Å². The number of carbonyl (C=O) groups excluding carboxylic acids is 2. The molecule has 1 aliphatic rings. The second kappa shape index (κ2) is 11.4. The number of hydrogen-bond acceptors (Lipinski definition) is 4. The smallest absolute Gasteiger partial charge is 0.255 e. The Morgan fingerprint density at radius 2 is 1.93 bits per heavy atom. The molecule has 0 radical (unpaired) electrons. The number of benzene rings is 1. The fourth-order valence-corrected chi connectivity index (χ4v) is 4.65. The first-order chi connectivity index (χ1) is 14.5. The molecular formula is C23H28ClN3O2S. The fraction of sp³-hybridized carbons (Fsp3) is 0.435. The Balaban J connectivity index is 1.54. The molecule has 3 rings (SSSR count). The molecule has 5 nitrogen and oxygen atoms in total. The molecule has 2 amide bonds. The zero-order chi connectivity index (χ0) is 21.3. The van der Waals surface area contributed by atoms with Gasteiger partial charge in [-0.3, -0.25) is 9.59 Å². The van der Waals surface area contributed by atoms with Gasteiger partial charge in [-0.05, 0) is 42.5 Å². The minimum Gasteiger partial charge on any atom is -0.355 e. The Morgan fingerprint density at radius 3 is 2.67 bits per heavy atom. The number of nitrogens with zero attached hydrogens (tertiary/aromatic N) is 2. The normalized spacial score (nSPS) is 14.3. The first-order valence-electron chi connectivity index (χ1n) is 10.4. The monoisotopic (exact) mass is 445 g/mol. The molecule has 1 aromatic heterocycles. The second-order valence-electron chi connectivity index (χ2n) is 7.74. The topological polar surface area (TPSA) is 62.3 Å². The molecule has 0 saturated heterocycles. The van der Waals surface area contributed by atoms with Crippen LogP contribution >= 0.6 is 23.4 Å². The van der Waals surface area contributed by atoms with Crippen LogP contribution in [-0.2, 0) is 11.3 Å². The van der Waals surface area contributed by atoms with Crippen LogP contribution in [0.2, 0.25) is 5.15 Å². The molecule has 1 N–H and O–H groups in total. The third kappa shape index (κ3) is 6.74. The molecule has 2 aromatic rings. The molecule has 0 aliphatic heterocycles. The van der Waals surface area contributed by atoms with Gasteiger partial charge in [0.2, 0.25) is 5.91 Å². The summed E-state index contributed by atoms with van der Waals surface area (Å²) in [6, 6.07) is 11.0. The Kier molecular flexibility index (Phi) is 8.58. The highest BCUT2D eigenvalue weighted by Crippen LogP contribution is 2.25. The lowest BCUT2D eigenvalue weighted by molar-refractivity contribution is -0.118. The van der Waals surface area contributed by atoms with Crippen LogP contribution in [0.1, 0.15) is 48.0 Å². The number of pyridine rings is 1. The van der Waals surface area contributed by atoms with Crippen molar-refractivity contribution in [2.75, 3.05) is 19.3 Å². The lowest BCUT2D eigenvalue weighted by Gasteiger charge is -2.21. The van der Waals surface area contributed by atoms with Crippen molar-refractivity contribution in [1.82, 2.24) is 15.2 Å². The number of aromatic nitrogens is 1. The summed E-state index contributed by atoms with van der Waals surface area (Å²) < 4.78 is 0. The van der Waals surface area contributed by atoms with Crippen LogP contribution in [0.3, 0.4) is 0 Å². The van der Waals surface area contributed by atoms with Gasteiger partial charge in [-0.15, -0.1) is 11.8 Å². The van der Waals surface area contributed by atoms with Crippen molar-refractivity contribution in [2.24, 2.45) is 5.92 Å². The predicted octanol–water partition coefficient (Wildman–Crippen LogP) is 4.80. The lowest BCUT2D eigenvalue weighted by Crippen LogP contribution is -2.31. The molecule has 0 spiro atoms. The number of amides is 2. The Bertz CT molecular complexity index is 854. The van der Waals surface area contributed by atoms with E-state index in [0.717, 1.165) is 17.0 Å². The molecule has 0 bridgehead atoms. The van der Waals surface area contributed by atoms with E-state index in [-0.39, 0.29) is 11.8 Å². The van der Waals surface area contributed by atoms with Gasteiger partial charge in [0.15, 0.2) is 0 Å². The minimum atomic E-state index is -0.0873. The highest BCUT2D eigenvalue weighted by Gasteiger charge is 2.18. The molecule has 7 heteroatoms.